The first-order chi connectivity index (χ1) is 6.61. The Hall–Kier alpha value is 0.700. The van der Waals surface area contributed by atoms with Crippen molar-refractivity contribution >= 4 is 17.7 Å². The van der Waals surface area contributed by atoms with Crippen LogP contribution in [0.25, 0.3) is 0 Å². The Balaban J connectivity index is 0. The van der Waals surface area contributed by atoms with Gasteiger partial charge in [0.1, 0.15) is 12.1 Å². The Morgan fingerprint density at radius 2 is 1.94 bits per heavy atom. The minimum Gasteiger partial charge on any atom is -1.00 e. The Morgan fingerprint density at radius 1 is 1.31 bits per heavy atom. The van der Waals surface area contributed by atoms with Gasteiger partial charge in [-0.15, -0.1) is 11.8 Å². The fourth-order valence-corrected chi connectivity index (χ4v) is 3.26. The van der Waals surface area contributed by atoms with Gasteiger partial charge in [0.2, 0.25) is 0 Å². The summed E-state index contributed by atoms with van der Waals surface area (Å²) in [7, 11) is 0. The van der Waals surface area contributed by atoms with E-state index in [0.29, 0.717) is 23.8 Å². The molecule has 0 aliphatic carbocycles. The number of quaternary nitrogens is 2. The number of aliphatic carboxylic acids is 1. The van der Waals surface area contributed by atoms with Crippen molar-refractivity contribution < 1.29 is 55.3 Å². The molecule has 0 aromatic carbocycles. The maximum atomic E-state index is 10.3. The molecule has 0 unspecified atom stereocenters. The molecule has 3 atom stereocenters. The summed E-state index contributed by atoms with van der Waals surface area (Å²) >= 11 is 1.94. The molecule has 0 saturated carbocycles. The van der Waals surface area contributed by atoms with Crippen LogP contribution in [0.3, 0.4) is 0 Å². The number of rotatable bonds is 5. The van der Waals surface area contributed by atoms with Crippen molar-refractivity contribution in [3.05, 3.63) is 0 Å². The summed E-state index contributed by atoms with van der Waals surface area (Å²) in [5.41, 5.74) is 8.16. The summed E-state index contributed by atoms with van der Waals surface area (Å²) in [4.78, 5) is 10.3. The number of carboxylic acids is 1. The molecular formula is C9H20Br2N2O2S. The first kappa shape index (κ1) is 19.0. The van der Waals surface area contributed by atoms with Crippen LogP contribution >= 0.6 is 11.8 Å². The highest BCUT2D eigenvalue weighted by molar-refractivity contribution is 8.00. The molecule has 1 rings (SSSR count). The molecule has 0 bridgehead atoms. The van der Waals surface area contributed by atoms with Crippen molar-refractivity contribution in [1.82, 2.24) is 0 Å². The summed E-state index contributed by atoms with van der Waals surface area (Å²) < 4.78 is 0. The molecule has 1 saturated heterocycles. The van der Waals surface area contributed by atoms with Crippen molar-refractivity contribution in [3.63, 3.8) is 0 Å². The number of halogens is 2. The second-order valence-electron chi connectivity index (χ2n) is 3.94. The predicted octanol–water partition coefficient (Wildman–Crippen LogP) is -7.02. The number of unbranched alkanes of at least 4 members (excludes halogenated alkanes) is 1. The molecule has 98 valence electrons. The van der Waals surface area contributed by atoms with E-state index in [2.05, 4.69) is 11.5 Å². The van der Waals surface area contributed by atoms with Crippen LogP contribution in [0.5, 0.6) is 0 Å². The van der Waals surface area contributed by atoms with Gasteiger partial charge < -0.3 is 50.5 Å². The van der Waals surface area contributed by atoms with E-state index < -0.39 is 5.97 Å². The van der Waals surface area contributed by atoms with Crippen molar-refractivity contribution in [1.29, 1.82) is 0 Å². The zero-order valence-electron chi connectivity index (χ0n) is 9.20. The fourth-order valence-electron chi connectivity index (χ4n) is 1.72. The smallest absolute Gasteiger partial charge is 0.303 e. The lowest BCUT2D eigenvalue weighted by atomic mass is 10.0. The van der Waals surface area contributed by atoms with E-state index in [1.165, 1.54) is 0 Å². The van der Waals surface area contributed by atoms with Crippen LogP contribution in [-0.2, 0) is 4.79 Å². The van der Waals surface area contributed by atoms with Crippen LogP contribution in [-0.4, -0.2) is 34.2 Å². The monoisotopic (exact) mass is 378 g/mol. The van der Waals surface area contributed by atoms with Crippen LogP contribution in [0, 0.1) is 0 Å². The van der Waals surface area contributed by atoms with Gasteiger partial charge in [-0.2, -0.15) is 0 Å². The molecule has 1 aliphatic rings. The molecule has 16 heavy (non-hydrogen) atoms. The number of thioether (sulfide) groups is 1. The number of hydrogen-bond donors (Lipinski definition) is 3. The molecule has 0 aromatic rings. The van der Waals surface area contributed by atoms with E-state index >= 15 is 0 Å². The highest BCUT2D eigenvalue weighted by atomic mass is 79.9. The topological polar surface area (TPSA) is 92.6 Å². The molecule has 0 aromatic heterocycles. The molecule has 0 amide bonds. The molecule has 1 aliphatic heterocycles. The van der Waals surface area contributed by atoms with Gasteiger partial charge in [-0.3, -0.25) is 4.79 Å². The first-order valence-electron chi connectivity index (χ1n) is 5.11. The van der Waals surface area contributed by atoms with E-state index in [4.69, 9.17) is 5.11 Å². The molecule has 7 heteroatoms. The van der Waals surface area contributed by atoms with Gasteiger partial charge >= 0.3 is 5.97 Å². The Bertz CT molecular complexity index is 210. The predicted molar refractivity (Wildman–Crippen MR) is 55.7 cm³/mol. The normalized spacial score (nSPS) is 28.0. The van der Waals surface area contributed by atoms with Crippen LogP contribution in [0.2, 0.25) is 0 Å². The molecule has 0 radical (unpaired) electrons. The van der Waals surface area contributed by atoms with Crippen molar-refractivity contribution in [2.45, 2.75) is 43.0 Å². The minimum atomic E-state index is -0.690. The third-order valence-corrected chi connectivity index (χ3v) is 4.37. The highest BCUT2D eigenvalue weighted by Crippen LogP contribution is 2.27. The second kappa shape index (κ2) is 9.70. The fraction of sp³-hybridized carbons (Fsp3) is 0.889. The van der Waals surface area contributed by atoms with Gasteiger partial charge in [-0.25, -0.2) is 0 Å². The minimum absolute atomic E-state index is 0. The largest absolute Gasteiger partial charge is 1.00 e. The van der Waals surface area contributed by atoms with Gasteiger partial charge in [0.25, 0.3) is 0 Å². The summed E-state index contributed by atoms with van der Waals surface area (Å²) in [5.74, 6) is 0.419. The van der Waals surface area contributed by atoms with Crippen molar-refractivity contribution in [2.24, 2.45) is 0 Å². The highest BCUT2D eigenvalue weighted by Gasteiger charge is 2.36. The Labute approximate surface area is 121 Å². The summed E-state index contributed by atoms with van der Waals surface area (Å²) in [6.45, 7) is 0. The first-order valence-corrected chi connectivity index (χ1v) is 6.15. The maximum Gasteiger partial charge on any atom is 0.303 e. The average molecular weight is 380 g/mol. The third-order valence-electron chi connectivity index (χ3n) is 2.74. The third kappa shape index (κ3) is 6.44. The number of carbonyl (C=O) groups is 1. The molecule has 4 nitrogen and oxygen atoms in total. The molecule has 1 fully saturated rings. The molecule has 1 heterocycles. The lowest BCUT2D eigenvalue weighted by molar-refractivity contribution is -0.520. The van der Waals surface area contributed by atoms with Crippen LogP contribution in [0.4, 0.5) is 0 Å². The summed E-state index contributed by atoms with van der Waals surface area (Å²) in [5, 5.41) is 9.07. The average Bonchev–Trinajstić information content (AvgIpc) is 2.43. The Kier molecular flexibility index (Phi) is 11.6. The van der Waals surface area contributed by atoms with Gasteiger partial charge in [-0.05, 0) is 12.8 Å². The second-order valence-corrected chi connectivity index (χ2v) is 5.21. The molecule has 0 spiro atoms. The van der Waals surface area contributed by atoms with E-state index in [1.807, 2.05) is 11.8 Å². The summed E-state index contributed by atoms with van der Waals surface area (Å²) in [6.07, 6.45) is 3.19. The zero-order valence-corrected chi connectivity index (χ0v) is 13.2. The molecular weight excluding hydrogens is 360 g/mol. The lowest BCUT2D eigenvalue weighted by Crippen LogP contribution is -3.00. The van der Waals surface area contributed by atoms with Gasteiger partial charge in [0.15, 0.2) is 0 Å². The van der Waals surface area contributed by atoms with Gasteiger partial charge in [-0.1, -0.05) is 6.42 Å². The summed E-state index contributed by atoms with van der Waals surface area (Å²) in [6, 6.07) is 0.925. The van der Waals surface area contributed by atoms with Crippen LogP contribution < -0.4 is 45.4 Å². The van der Waals surface area contributed by atoms with Gasteiger partial charge in [0, 0.05) is 6.42 Å². The number of carboxylic acid groups (broad SMARTS) is 1. The van der Waals surface area contributed by atoms with Crippen LogP contribution in [0.1, 0.15) is 25.7 Å². The quantitative estimate of drug-likeness (QED) is 0.414. The van der Waals surface area contributed by atoms with E-state index in [-0.39, 0.29) is 34.0 Å². The lowest BCUT2D eigenvalue weighted by Gasteiger charge is -2.11. The van der Waals surface area contributed by atoms with E-state index in [9.17, 15) is 4.79 Å². The molecule has 7 N–H and O–H groups in total. The maximum absolute atomic E-state index is 10.3. The standard InChI is InChI=1S/C9H18N2O2S.2BrH/c10-6-5-14-7(9(6)11)3-1-2-4-8(12)13;;/h6-7,9H,1-5,10-11H2,(H,12,13);2*1H/t6-,7-,9-;;/m0../s1. The zero-order chi connectivity index (χ0) is 10.6. The van der Waals surface area contributed by atoms with Gasteiger partial charge in [0.05, 0.1) is 11.0 Å². The van der Waals surface area contributed by atoms with E-state index in [1.54, 1.807) is 0 Å². The van der Waals surface area contributed by atoms with Crippen molar-refractivity contribution in [2.75, 3.05) is 5.75 Å². The number of hydrogen-bond acceptors (Lipinski definition) is 2. The Morgan fingerprint density at radius 3 is 2.38 bits per heavy atom. The van der Waals surface area contributed by atoms with E-state index in [0.717, 1.165) is 25.0 Å². The SMILES string of the molecule is [Br-].[Br-].[NH3+][C@@H]1[C@H](CCCCC(=O)O)SC[C@@H]1[NH3+]. The van der Waals surface area contributed by atoms with Crippen molar-refractivity contribution in [3.8, 4) is 0 Å². The van der Waals surface area contributed by atoms with Crippen LogP contribution in [0.15, 0.2) is 0 Å².